The van der Waals surface area contributed by atoms with Crippen molar-refractivity contribution in [1.82, 2.24) is 0 Å². The van der Waals surface area contributed by atoms with Crippen LogP contribution in [0.1, 0.15) is 51.9 Å². The maximum atomic E-state index is 10.8. The summed E-state index contributed by atoms with van der Waals surface area (Å²) in [5.74, 6) is 0.0686. The third-order valence-electron chi connectivity index (χ3n) is 6.12. The molecule has 1 N–H and O–H groups in total. The molecule has 0 radical (unpaired) electrons. The van der Waals surface area contributed by atoms with Crippen molar-refractivity contribution in [2.24, 2.45) is 17.3 Å². The van der Waals surface area contributed by atoms with Crippen LogP contribution in [0, 0.1) is 17.3 Å². The summed E-state index contributed by atoms with van der Waals surface area (Å²) >= 11 is 0. The molecule has 1 saturated heterocycles. The first-order valence-electron chi connectivity index (χ1n) is 8.74. The van der Waals surface area contributed by atoms with E-state index >= 15 is 0 Å². The SMILES string of the molecule is C=CC[C@@]12CCC[C@@H]([C@@H](O)CC(=C)C)[C@@H]1C1(CC2)OCCO1. The smallest absolute Gasteiger partial charge is 0.172 e. The Hall–Kier alpha value is -0.640. The van der Waals surface area contributed by atoms with Crippen molar-refractivity contribution in [3.05, 3.63) is 24.8 Å². The predicted molar refractivity (Wildman–Crippen MR) is 87.4 cm³/mol. The van der Waals surface area contributed by atoms with Crippen LogP contribution < -0.4 is 0 Å². The molecule has 2 aliphatic carbocycles. The average Bonchev–Trinajstić information content (AvgIpc) is 3.06. The van der Waals surface area contributed by atoms with Gasteiger partial charge in [0.15, 0.2) is 5.79 Å². The molecule has 0 aromatic rings. The molecule has 1 spiro atoms. The van der Waals surface area contributed by atoms with Gasteiger partial charge in [-0.15, -0.1) is 13.2 Å². The summed E-state index contributed by atoms with van der Waals surface area (Å²) in [6.45, 7) is 11.3. The van der Waals surface area contributed by atoms with Gasteiger partial charge in [-0.1, -0.05) is 18.1 Å². The first-order valence-corrected chi connectivity index (χ1v) is 8.74. The van der Waals surface area contributed by atoms with E-state index in [9.17, 15) is 5.11 Å². The normalized spacial score (nSPS) is 37.9. The highest BCUT2D eigenvalue weighted by Gasteiger charge is 2.63. The van der Waals surface area contributed by atoms with E-state index < -0.39 is 5.79 Å². The van der Waals surface area contributed by atoms with Crippen LogP contribution in [0.4, 0.5) is 0 Å². The summed E-state index contributed by atoms with van der Waals surface area (Å²) in [6.07, 6.45) is 8.93. The number of hydrogen-bond acceptors (Lipinski definition) is 3. The van der Waals surface area contributed by atoms with Gasteiger partial charge in [-0.05, 0) is 50.4 Å². The van der Waals surface area contributed by atoms with Gasteiger partial charge in [0, 0.05) is 12.3 Å². The molecular weight excluding hydrogens is 276 g/mol. The largest absolute Gasteiger partial charge is 0.392 e. The fourth-order valence-electron chi connectivity index (χ4n) is 5.45. The molecule has 0 amide bonds. The van der Waals surface area contributed by atoms with Crippen molar-refractivity contribution in [2.75, 3.05) is 13.2 Å². The lowest BCUT2D eigenvalue weighted by Gasteiger charge is -2.49. The fraction of sp³-hybridized carbons (Fsp3) is 0.789. The van der Waals surface area contributed by atoms with Gasteiger partial charge < -0.3 is 14.6 Å². The molecule has 0 aromatic carbocycles. The Morgan fingerprint density at radius 1 is 1.32 bits per heavy atom. The van der Waals surface area contributed by atoms with Crippen molar-refractivity contribution >= 4 is 0 Å². The summed E-state index contributed by atoms with van der Waals surface area (Å²) in [4.78, 5) is 0. The number of hydrogen-bond donors (Lipinski definition) is 1. The minimum absolute atomic E-state index is 0.199. The molecule has 2 saturated carbocycles. The lowest BCUT2D eigenvalue weighted by atomic mass is 9.59. The van der Waals surface area contributed by atoms with Gasteiger partial charge in [-0.25, -0.2) is 0 Å². The highest BCUT2D eigenvalue weighted by atomic mass is 16.7. The third kappa shape index (κ3) is 2.57. The molecule has 3 rings (SSSR count). The molecule has 1 aliphatic heterocycles. The Morgan fingerprint density at radius 2 is 2.05 bits per heavy atom. The number of fused-ring (bicyclic) bond motifs is 2. The van der Waals surface area contributed by atoms with Crippen LogP contribution in [0.15, 0.2) is 24.8 Å². The molecule has 22 heavy (non-hydrogen) atoms. The molecule has 1 heterocycles. The lowest BCUT2D eigenvalue weighted by molar-refractivity contribution is -0.223. The molecular formula is C19H30O3. The predicted octanol–water partition coefficient (Wildman–Crippen LogP) is 3.83. The molecule has 3 fully saturated rings. The number of ether oxygens (including phenoxy) is 2. The Labute approximate surface area is 134 Å². The zero-order valence-corrected chi connectivity index (χ0v) is 13.9. The molecule has 3 nitrogen and oxygen atoms in total. The second kappa shape index (κ2) is 6.10. The van der Waals surface area contributed by atoms with Gasteiger partial charge in [0.1, 0.15) is 0 Å². The zero-order chi connectivity index (χ0) is 15.8. The van der Waals surface area contributed by atoms with Crippen LogP contribution in [0.5, 0.6) is 0 Å². The molecule has 0 bridgehead atoms. The van der Waals surface area contributed by atoms with Crippen LogP contribution in [-0.2, 0) is 9.47 Å². The molecule has 3 aliphatic rings. The van der Waals surface area contributed by atoms with E-state index in [0.29, 0.717) is 19.6 Å². The van der Waals surface area contributed by atoms with Gasteiger partial charge in [-0.3, -0.25) is 0 Å². The number of allylic oxidation sites excluding steroid dienone is 1. The first-order chi connectivity index (χ1) is 10.5. The van der Waals surface area contributed by atoms with Gasteiger partial charge in [0.05, 0.1) is 19.3 Å². The fourth-order valence-corrected chi connectivity index (χ4v) is 5.45. The van der Waals surface area contributed by atoms with Crippen molar-refractivity contribution in [3.63, 3.8) is 0 Å². The molecule has 3 heteroatoms. The second-order valence-corrected chi connectivity index (χ2v) is 7.63. The van der Waals surface area contributed by atoms with Gasteiger partial charge in [-0.2, -0.15) is 0 Å². The highest BCUT2D eigenvalue weighted by Crippen LogP contribution is 2.63. The molecule has 0 aromatic heterocycles. The maximum Gasteiger partial charge on any atom is 0.172 e. The van der Waals surface area contributed by atoms with E-state index in [4.69, 9.17) is 9.47 Å². The Balaban J connectivity index is 1.92. The van der Waals surface area contributed by atoms with Crippen molar-refractivity contribution in [2.45, 2.75) is 63.8 Å². The average molecular weight is 306 g/mol. The molecule has 4 atom stereocenters. The minimum atomic E-state index is -0.454. The van der Waals surface area contributed by atoms with E-state index in [1.807, 2.05) is 6.92 Å². The second-order valence-electron chi connectivity index (χ2n) is 7.63. The Kier molecular flexibility index (Phi) is 4.50. The van der Waals surface area contributed by atoms with Gasteiger partial charge in [0.25, 0.3) is 0 Å². The van der Waals surface area contributed by atoms with Crippen LogP contribution in [-0.4, -0.2) is 30.2 Å². The minimum Gasteiger partial charge on any atom is -0.392 e. The van der Waals surface area contributed by atoms with Gasteiger partial charge >= 0.3 is 0 Å². The summed E-state index contributed by atoms with van der Waals surface area (Å²) in [7, 11) is 0. The van der Waals surface area contributed by atoms with Crippen LogP contribution in [0.3, 0.4) is 0 Å². The number of aliphatic hydroxyl groups excluding tert-OH is 1. The molecule has 0 unspecified atom stereocenters. The van der Waals surface area contributed by atoms with Gasteiger partial charge in [0.2, 0.25) is 0 Å². The van der Waals surface area contributed by atoms with E-state index in [-0.39, 0.29) is 23.4 Å². The van der Waals surface area contributed by atoms with Crippen molar-refractivity contribution in [1.29, 1.82) is 0 Å². The van der Waals surface area contributed by atoms with E-state index in [2.05, 4.69) is 19.2 Å². The first kappa shape index (κ1) is 16.2. The molecule has 124 valence electrons. The van der Waals surface area contributed by atoms with E-state index in [0.717, 1.165) is 31.3 Å². The Morgan fingerprint density at radius 3 is 2.68 bits per heavy atom. The lowest BCUT2D eigenvalue weighted by Crippen LogP contribution is -2.51. The summed E-state index contributed by atoms with van der Waals surface area (Å²) in [5.41, 5.74) is 1.25. The van der Waals surface area contributed by atoms with E-state index in [1.165, 1.54) is 12.8 Å². The van der Waals surface area contributed by atoms with Crippen LogP contribution >= 0.6 is 0 Å². The summed E-state index contributed by atoms with van der Waals surface area (Å²) < 4.78 is 12.3. The number of rotatable bonds is 5. The van der Waals surface area contributed by atoms with E-state index in [1.54, 1.807) is 0 Å². The monoisotopic (exact) mass is 306 g/mol. The topological polar surface area (TPSA) is 38.7 Å². The third-order valence-corrected chi connectivity index (χ3v) is 6.12. The Bertz CT molecular complexity index is 438. The summed E-state index contributed by atoms with van der Waals surface area (Å²) in [5, 5.41) is 10.8. The standard InChI is InChI=1S/C19H30O3/c1-4-7-18-8-5-6-15(16(20)13-14(2)3)17(18)19(10-9-18)21-11-12-22-19/h4,15-17,20H,1-2,5-13H2,3H3/t15-,16-,17-,18-/m0/s1. The van der Waals surface area contributed by atoms with Crippen LogP contribution in [0.25, 0.3) is 0 Å². The van der Waals surface area contributed by atoms with Crippen molar-refractivity contribution in [3.8, 4) is 0 Å². The number of aliphatic hydroxyl groups is 1. The zero-order valence-electron chi connectivity index (χ0n) is 13.9. The highest BCUT2D eigenvalue weighted by molar-refractivity contribution is 5.11. The maximum absolute atomic E-state index is 10.8. The quantitative estimate of drug-likeness (QED) is 0.785. The van der Waals surface area contributed by atoms with Crippen molar-refractivity contribution < 1.29 is 14.6 Å². The summed E-state index contributed by atoms with van der Waals surface area (Å²) in [6, 6.07) is 0. The van der Waals surface area contributed by atoms with Crippen LogP contribution in [0.2, 0.25) is 0 Å².